The lowest BCUT2D eigenvalue weighted by Crippen LogP contribution is -2.40. The number of halogens is 1. The lowest BCUT2D eigenvalue weighted by Gasteiger charge is -2.21. The molecule has 0 bridgehead atoms. The number of nitrogens with zero attached hydrogens (tertiary/aromatic N) is 1. The SMILES string of the molecule is CN(C(=O)N[C@@H]1CS(=O)(=O)c2ccccc21)c1ccc(F)cc1. The Hall–Kier alpha value is -2.41. The number of amides is 2. The fraction of sp³-hybridized carbons (Fsp3) is 0.188. The van der Waals surface area contributed by atoms with E-state index in [9.17, 15) is 17.6 Å². The molecule has 3 rings (SSSR count). The fourth-order valence-corrected chi connectivity index (χ4v) is 4.33. The van der Waals surface area contributed by atoms with Crippen LogP contribution < -0.4 is 10.2 Å². The van der Waals surface area contributed by atoms with E-state index in [0.29, 0.717) is 11.3 Å². The van der Waals surface area contributed by atoms with Crippen molar-refractivity contribution in [2.24, 2.45) is 0 Å². The third kappa shape index (κ3) is 2.92. The molecule has 0 spiro atoms. The van der Waals surface area contributed by atoms with Crippen LogP contribution in [0.5, 0.6) is 0 Å². The van der Waals surface area contributed by atoms with Crippen LogP contribution in [0.2, 0.25) is 0 Å². The predicted molar refractivity (Wildman–Crippen MR) is 84.6 cm³/mol. The molecule has 2 aromatic rings. The van der Waals surface area contributed by atoms with Crippen LogP contribution in [0.25, 0.3) is 0 Å². The van der Waals surface area contributed by atoms with Gasteiger partial charge in [0, 0.05) is 12.7 Å². The molecule has 1 atom stereocenters. The Morgan fingerprint density at radius 1 is 1.17 bits per heavy atom. The highest BCUT2D eigenvalue weighted by Crippen LogP contribution is 2.33. The van der Waals surface area contributed by atoms with Crippen LogP contribution in [0.3, 0.4) is 0 Å². The van der Waals surface area contributed by atoms with Crippen LogP contribution in [-0.4, -0.2) is 27.2 Å². The average molecular weight is 334 g/mol. The van der Waals surface area contributed by atoms with Gasteiger partial charge in [0.25, 0.3) is 0 Å². The maximum atomic E-state index is 12.9. The van der Waals surface area contributed by atoms with Gasteiger partial charge in [0.15, 0.2) is 9.84 Å². The third-order valence-electron chi connectivity index (χ3n) is 3.83. The first-order valence-corrected chi connectivity index (χ1v) is 8.65. The molecular weight excluding hydrogens is 319 g/mol. The molecule has 5 nitrogen and oxygen atoms in total. The molecule has 1 aliphatic rings. The van der Waals surface area contributed by atoms with Crippen molar-refractivity contribution in [3.63, 3.8) is 0 Å². The summed E-state index contributed by atoms with van der Waals surface area (Å²) in [6.45, 7) is 0. The topological polar surface area (TPSA) is 66.5 Å². The van der Waals surface area contributed by atoms with Crippen molar-refractivity contribution >= 4 is 21.6 Å². The predicted octanol–water partition coefficient (Wildman–Crippen LogP) is 2.50. The van der Waals surface area contributed by atoms with E-state index < -0.39 is 27.7 Å². The largest absolute Gasteiger partial charge is 0.330 e. The molecule has 2 amide bonds. The Balaban J connectivity index is 1.80. The van der Waals surface area contributed by atoms with Crippen LogP contribution >= 0.6 is 0 Å². The van der Waals surface area contributed by atoms with Gasteiger partial charge < -0.3 is 5.32 Å². The van der Waals surface area contributed by atoms with Gasteiger partial charge in [0.2, 0.25) is 0 Å². The number of hydrogen-bond acceptors (Lipinski definition) is 3. The third-order valence-corrected chi connectivity index (χ3v) is 5.65. The number of urea groups is 1. The minimum atomic E-state index is -3.38. The van der Waals surface area contributed by atoms with Crippen LogP contribution in [0.15, 0.2) is 53.4 Å². The summed E-state index contributed by atoms with van der Waals surface area (Å²) in [5, 5.41) is 2.72. The van der Waals surface area contributed by atoms with Crippen LogP contribution in [0.4, 0.5) is 14.9 Å². The Labute approximate surface area is 133 Å². The number of nitrogens with one attached hydrogen (secondary N) is 1. The van der Waals surface area contributed by atoms with Gasteiger partial charge in [-0.05, 0) is 35.9 Å². The summed E-state index contributed by atoms with van der Waals surface area (Å²) in [5.41, 5.74) is 1.10. The van der Waals surface area contributed by atoms with Crippen molar-refractivity contribution in [1.82, 2.24) is 5.32 Å². The Morgan fingerprint density at radius 3 is 2.52 bits per heavy atom. The fourth-order valence-electron chi connectivity index (χ4n) is 2.60. The maximum absolute atomic E-state index is 12.9. The number of carbonyl (C=O) groups excluding carboxylic acids is 1. The van der Waals surface area contributed by atoms with Crippen molar-refractivity contribution in [1.29, 1.82) is 0 Å². The van der Waals surface area contributed by atoms with Gasteiger partial charge in [0.05, 0.1) is 16.7 Å². The zero-order valence-electron chi connectivity index (χ0n) is 12.4. The van der Waals surface area contributed by atoms with E-state index in [1.165, 1.54) is 36.2 Å². The number of sulfone groups is 1. The quantitative estimate of drug-likeness (QED) is 0.917. The summed E-state index contributed by atoms with van der Waals surface area (Å²) in [6.07, 6.45) is 0. The van der Waals surface area contributed by atoms with E-state index in [-0.39, 0.29) is 10.6 Å². The number of fused-ring (bicyclic) bond motifs is 1. The first-order chi connectivity index (χ1) is 10.9. The molecule has 0 saturated heterocycles. The molecule has 120 valence electrons. The number of rotatable bonds is 2. The van der Waals surface area contributed by atoms with Gasteiger partial charge in [-0.1, -0.05) is 18.2 Å². The number of anilines is 1. The summed E-state index contributed by atoms with van der Waals surface area (Å²) in [5.74, 6) is -0.548. The van der Waals surface area contributed by atoms with E-state index >= 15 is 0 Å². The normalized spacial score (nSPS) is 18.3. The monoisotopic (exact) mass is 334 g/mol. The molecule has 23 heavy (non-hydrogen) atoms. The molecule has 0 saturated carbocycles. The molecule has 0 unspecified atom stereocenters. The maximum Gasteiger partial charge on any atom is 0.322 e. The first kappa shape index (κ1) is 15.5. The summed E-state index contributed by atoms with van der Waals surface area (Å²) in [4.78, 5) is 13.9. The van der Waals surface area contributed by atoms with Gasteiger partial charge in [0.1, 0.15) is 5.82 Å². The molecule has 1 heterocycles. The molecule has 1 N–H and O–H groups in total. The van der Waals surface area contributed by atoms with Gasteiger partial charge in [-0.15, -0.1) is 0 Å². The van der Waals surface area contributed by atoms with Crippen molar-refractivity contribution in [2.75, 3.05) is 17.7 Å². The highest BCUT2D eigenvalue weighted by atomic mass is 32.2. The van der Waals surface area contributed by atoms with E-state index in [1.54, 1.807) is 24.3 Å². The molecule has 2 aromatic carbocycles. The molecule has 7 heteroatoms. The lowest BCUT2D eigenvalue weighted by atomic mass is 10.1. The second kappa shape index (κ2) is 5.66. The second-order valence-electron chi connectivity index (χ2n) is 5.36. The minimum absolute atomic E-state index is 0.157. The summed E-state index contributed by atoms with van der Waals surface area (Å²) < 4.78 is 37.2. The van der Waals surface area contributed by atoms with Crippen molar-refractivity contribution < 1.29 is 17.6 Å². The zero-order chi connectivity index (χ0) is 16.6. The first-order valence-electron chi connectivity index (χ1n) is 7.00. The highest BCUT2D eigenvalue weighted by molar-refractivity contribution is 7.91. The van der Waals surface area contributed by atoms with Crippen LogP contribution in [0.1, 0.15) is 11.6 Å². The highest BCUT2D eigenvalue weighted by Gasteiger charge is 2.35. The molecule has 0 fully saturated rings. The van der Waals surface area contributed by atoms with Gasteiger partial charge in [-0.2, -0.15) is 0 Å². The van der Waals surface area contributed by atoms with E-state index in [0.717, 1.165) is 0 Å². The molecule has 0 aromatic heterocycles. The zero-order valence-corrected chi connectivity index (χ0v) is 13.2. The van der Waals surface area contributed by atoms with Gasteiger partial charge in [-0.25, -0.2) is 17.6 Å². The smallest absolute Gasteiger partial charge is 0.322 e. The standard InChI is InChI=1S/C16H15FN2O3S/c1-19(12-8-6-11(17)7-9-12)16(20)18-14-10-23(21,22)15-5-3-2-4-13(14)15/h2-9,14H,10H2,1H3,(H,18,20)/t14-/m1/s1. The van der Waals surface area contributed by atoms with E-state index in [2.05, 4.69) is 5.32 Å². The van der Waals surface area contributed by atoms with Gasteiger partial charge >= 0.3 is 6.03 Å². The van der Waals surface area contributed by atoms with Crippen LogP contribution in [0, 0.1) is 5.82 Å². The number of hydrogen-bond donors (Lipinski definition) is 1. The second-order valence-corrected chi connectivity index (χ2v) is 7.36. The van der Waals surface area contributed by atoms with Gasteiger partial charge in [-0.3, -0.25) is 4.90 Å². The summed E-state index contributed by atoms with van der Waals surface area (Å²) in [7, 11) is -1.84. The van der Waals surface area contributed by atoms with Crippen molar-refractivity contribution in [3.05, 3.63) is 59.9 Å². The van der Waals surface area contributed by atoms with Crippen LogP contribution in [-0.2, 0) is 9.84 Å². The Kier molecular flexibility index (Phi) is 3.81. The molecule has 0 aliphatic carbocycles. The molecule has 0 radical (unpaired) electrons. The molecular formula is C16H15FN2O3S. The summed E-state index contributed by atoms with van der Waals surface area (Å²) in [6, 6.07) is 11.1. The van der Waals surface area contributed by atoms with Crippen molar-refractivity contribution in [3.8, 4) is 0 Å². The number of carbonyl (C=O) groups is 1. The van der Waals surface area contributed by atoms with E-state index in [4.69, 9.17) is 0 Å². The minimum Gasteiger partial charge on any atom is -0.330 e. The van der Waals surface area contributed by atoms with Crippen molar-refractivity contribution in [2.45, 2.75) is 10.9 Å². The van der Waals surface area contributed by atoms with E-state index in [1.807, 2.05) is 0 Å². The summed E-state index contributed by atoms with van der Waals surface area (Å²) >= 11 is 0. The molecule has 1 aliphatic heterocycles. The number of benzene rings is 2. The average Bonchev–Trinajstić information content (AvgIpc) is 2.79. The lowest BCUT2D eigenvalue weighted by molar-refractivity contribution is 0.245. The Bertz CT molecular complexity index is 850. The Morgan fingerprint density at radius 2 is 1.83 bits per heavy atom.